The van der Waals surface area contributed by atoms with Crippen molar-refractivity contribution < 1.29 is 0 Å². The summed E-state index contributed by atoms with van der Waals surface area (Å²) in [6, 6.07) is 77.6. The van der Waals surface area contributed by atoms with Gasteiger partial charge < -0.3 is 4.90 Å². The predicted molar refractivity (Wildman–Crippen MR) is 238 cm³/mol. The number of fused-ring (bicyclic) bond motifs is 4. The van der Waals surface area contributed by atoms with E-state index in [9.17, 15) is 0 Å². The first-order valence-electron chi connectivity index (χ1n) is 19.5. The molecule has 266 valence electrons. The Balaban J connectivity index is 1.00. The van der Waals surface area contributed by atoms with Crippen LogP contribution in [0, 0.1) is 0 Å². The molecule has 0 unspecified atom stereocenters. The minimum absolute atomic E-state index is 0.0887. The molecule has 0 bridgehead atoms. The van der Waals surface area contributed by atoms with E-state index in [4.69, 9.17) is 0 Å². The summed E-state index contributed by atoms with van der Waals surface area (Å²) in [6.07, 6.45) is 0. The summed E-state index contributed by atoms with van der Waals surface area (Å²) in [7, 11) is 0. The maximum Gasteiger partial charge on any atom is 0.0465 e. The lowest BCUT2D eigenvalue weighted by molar-refractivity contribution is 0.660. The highest BCUT2D eigenvalue weighted by molar-refractivity contribution is 5.89. The standard InChI is InChI=1S/C55H41N/c1-55(2)53-21-9-8-20-51(53)52-33-32-50(37-54(52)55)56(48-28-24-40(25-29-48)38-12-4-3-5-13-38)49-30-26-41(27-31-49)43-16-10-17-44(34-43)45-18-11-19-46(36-45)47-23-22-39-14-6-7-15-42(39)35-47/h3-37H,1-2H3. The number of benzene rings is 9. The highest BCUT2D eigenvalue weighted by Crippen LogP contribution is 2.50. The lowest BCUT2D eigenvalue weighted by atomic mass is 9.82. The van der Waals surface area contributed by atoms with Gasteiger partial charge in [0, 0.05) is 22.5 Å². The topological polar surface area (TPSA) is 3.24 Å². The maximum atomic E-state index is 2.41. The molecular formula is C55H41N. The van der Waals surface area contributed by atoms with Gasteiger partial charge in [-0.1, -0.05) is 172 Å². The summed E-state index contributed by atoms with van der Waals surface area (Å²) in [4.78, 5) is 2.40. The number of hydrogen-bond donors (Lipinski definition) is 0. The zero-order valence-electron chi connectivity index (χ0n) is 31.7. The van der Waals surface area contributed by atoms with Crippen molar-refractivity contribution >= 4 is 27.8 Å². The van der Waals surface area contributed by atoms with E-state index in [1.807, 2.05) is 0 Å². The second-order valence-corrected chi connectivity index (χ2v) is 15.4. The minimum Gasteiger partial charge on any atom is -0.310 e. The van der Waals surface area contributed by atoms with Gasteiger partial charge in [-0.05, 0) is 132 Å². The molecule has 1 nitrogen and oxygen atoms in total. The Hall–Kier alpha value is -6.96. The van der Waals surface area contributed by atoms with Crippen LogP contribution in [0.4, 0.5) is 17.1 Å². The molecule has 0 saturated heterocycles. The van der Waals surface area contributed by atoms with Crippen LogP contribution in [0.2, 0.25) is 0 Å². The molecule has 0 radical (unpaired) electrons. The third kappa shape index (κ3) is 5.99. The van der Waals surface area contributed by atoms with Crippen molar-refractivity contribution in [2.24, 2.45) is 0 Å². The Bertz CT molecular complexity index is 2860. The summed E-state index contributed by atoms with van der Waals surface area (Å²) >= 11 is 0. The average Bonchev–Trinajstić information content (AvgIpc) is 3.49. The van der Waals surface area contributed by atoms with Gasteiger partial charge in [-0.2, -0.15) is 0 Å². The van der Waals surface area contributed by atoms with E-state index in [-0.39, 0.29) is 5.41 Å². The van der Waals surface area contributed by atoms with Crippen molar-refractivity contribution in [3.63, 3.8) is 0 Å². The van der Waals surface area contributed by atoms with Gasteiger partial charge in [-0.25, -0.2) is 0 Å². The molecule has 0 fully saturated rings. The van der Waals surface area contributed by atoms with E-state index in [2.05, 4.69) is 231 Å². The molecule has 0 spiro atoms. The van der Waals surface area contributed by atoms with E-state index < -0.39 is 0 Å². The van der Waals surface area contributed by atoms with E-state index in [0.29, 0.717) is 0 Å². The number of nitrogens with zero attached hydrogens (tertiary/aromatic N) is 1. The van der Waals surface area contributed by atoms with Gasteiger partial charge in [-0.15, -0.1) is 0 Å². The molecule has 10 rings (SSSR count). The van der Waals surface area contributed by atoms with Crippen LogP contribution in [-0.2, 0) is 5.41 Å². The molecule has 1 heteroatoms. The van der Waals surface area contributed by atoms with Gasteiger partial charge >= 0.3 is 0 Å². The highest BCUT2D eigenvalue weighted by atomic mass is 15.1. The SMILES string of the molecule is CC1(C)c2ccccc2-c2ccc(N(c3ccc(-c4ccccc4)cc3)c3ccc(-c4cccc(-c5cccc(-c6ccc7ccccc7c6)c5)c4)cc3)cc21. The van der Waals surface area contributed by atoms with Gasteiger partial charge in [0.25, 0.3) is 0 Å². The summed E-state index contributed by atoms with van der Waals surface area (Å²) in [5.41, 5.74) is 18.4. The normalized spacial score (nSPS) is 12.6. The molecule has 9 aromatic carbocycles. The number of anilines is 3. The fourth-order valence-electron chi connectivity index (χ4n) is 8.64. The van der Waals surface area contributed by atoms with Gasteiger partial charge in [0.05, 0.1) is 0 Å². The summed E-state index contributed by atoms with van der Waals surface area (Å²) in [5, 5.41) is 2.52. The molecule has 0 amide bonds. The van der Waals surface area contributed by atoms with Crippen molar-refractivity contribution in [1.82, 2.24) is 0 Å². The molecule has 0 N–H and O–H groups in total. The Labute approximate surface area is 329 Å². The maximum absolute atomic E-state index is 2.41. The Morgan fingerprint density at radius 1 is 0.286 bits per heavy atom. The smallest absolute Gasteiger partial charge is 0.0465 e. The Kier molecular flexibility index (Phi) is 8.23. The van der Waals surface area contributed by atoms with Crippen molar-refractivity contribution in [1.29, 1.82) is 0 Å². The predicted octanol–water partition coefficient (Wildman–Crippen LogP) is 15.3. The van der Waals surface area contributed by atoms with E-state index in [1.54, 1.807) is 0 Å². The largest absolute Gasteiger partial charge is 0.310 e. The quantitative estimate of drug-likeness (QED) is 0.159. The molecule has 0 heterocycles. The zero-order chi connectivity index (χ0) is 37.6. The van der Waals surface area contributed by atoms with Crippen molar-refractivity contribution in [2.75, 3.05) is 4.90 Å². The molecule has 1 aliphatic rings. The summed E-state index contributed by atoms with van der Waals surface area (Å²) in [6.45, 7) is 4.70. The molecule has 56 heavy (non-hydrogen) atoms. The fourth-order valence-corrected chi connectivity index (χ4v) is 8.64. The van der Waals surface area contributed by atoms with Crippen LogP contribution >= 0.6 is 0 Å². The number of rotatable bonds is 7. The van der Waals surface area contributed by atoms with Gasteiger partial charge in [0.15, 0.2) is 0 Å². The molecule has 0 atom stereocenters. The zero-order valence-corrected chi connectivity index (χ0v) is 31.7. The van der Waals surface area contributed by atoms with E-state index in [1.165, 1.54) is 77.5 Å². The first-order valence-corrected chi connectivity index (χ1v) is 19.5. The summed E-state index contributed by atoms with van der Waals surface area (Å²) in [5.74, 6) is 0. The van der Waals surface area contributed by atoms with Crippen molar-refractivity contribution in [2.45, 2.75) is 19.3 Å². The molecule has 0 aromatic heterocycles. The minimum atomic E-state index is -0.0887. The van der Waals surface area contributed by atoms with Crippen LogP contribution in [0.25, 0.3) is 66.4 Å². The van der Waals surface area contributed by atoms with Crippen LogP contribution in [0.1, 0.15) is 25.0 Å². The second kappa shape index (κ2) is 13.7. The van der Waals surface area contributed by atoms with Gasteiger partial charge in [0.2, 0.25) is 0 Å². The highest BCUT2D eigenvalue weighted by Gasteiger charge is 2.35. The van der Waals surface area contributed by atoms with E-state index >= 15 is 0 Å². The monoisotopic (exact) mass is 715 g/mol. The van der Waals surface area contributed by atoms with Crippen LogP contribution < -0.4 is 4.90 Å². The fraction of sp³-hybridized carbons (Fsp3) is 0.0545. The lowest BCUT2D eigenvalue weighted by Crippen LogP contribution is -2.16. The lowest BCUT2D eigenvalue weighted by Gasteiger charge is -2.28. The second-order valence-electron chi connectivity index (χ2n) is 15.4. The van der Waals surface area contributed by atoms with Crippen LogP contribution in [0.3, 0.4) is 0 Å². The first-order chi connectivity index (χ1) is 27.5. The number of hydrogen-bond acceptors (Lipinski definition) is 1. The molecule has 0 aliphatic heterocycles. The third-order valence-electron chi connectivity index (χ3n) is 11.7. The molecule has 1 aliphatic carbocycles. The average molecular weight is 716 g/mol. The van der Waals surface area contributed by atoms with Crippen LogP contribution in [0.5, 0.6) is 0 Å². The third-order valence-corrected chi connectivity index (χ3v) is 11.7. The van der Waals surface area contributed by atoms with Gasteiger partial charge in [0.1, 0.15) is 0 Å². The van der Waals surface area contributed by atoms with Gasteiger partial charge in [-0.3, -0.25) is 0 Å². The van der Waals surface area contributed by atoms with Crippen LogP contribution in [0.15, 0.2) is 212 Å². The summed E-state index contributed by atoms with van der Waals surface area (Å²) < 4.78 is 0. The molecular weight excluding hydrogens is 675 g/mol. The Morgan fingerprint density at radius 3 is 1.39 bits per heavy atom. The van der Waals surface area contributed by atoms with Crippen LogP contribution in [-0.4, -0.2) is 0 Å². The Morgan fingerprint density at radius 2 is 0.732 bits per heavy atom. The molecule has 0 saturated carbocycles. The molecule has 9 aromatic rings. The van der Waals surface area contributed by atoms with E-state index in [0.717, 1.165) is 17.1 Å². The first kappa shape index (κ1) is 33.6. The van der Waals surface area contributed by atoms with Crippen molar-refractivity contribution in [3.8, 4) is 55.6 Å². The van der Waals surface area contributed by atoms with Crippen molar-refractivity contribution in [3.05, 3.63) is 223 Å².